The Labute approximate surface area is 153 Å². The molecule has 1 aliphatic rings. The predicted molar refractivity (Wildman–Crippen MR) is 98.9 cm³/mol. The van der Waals surface area contributed by atoms with Crippen molar-refractivity contribution in [3.05, 3.63) is 41.9 Å². The summed E-state index contributed by atoms with van der Waals surface area (Å²) < 4.78 is 10.8. The van der Waals surface area contributed by atoms with Gasteiger partial charge in [0.25, 0.3) is 5.91 Å². The molecule has 2 heterocycles. The number of amides is 1. The summed E-state index contributed by atoms with van der Waals surface area (Å²) >= 11 is 0. The second-order valence-corrected chi connectivity index (χ2v) is 6.14. The number of carbonyl (C=O) groups excluding carboxylic acids is 1. The Balaban J connectivity index is 1.53. The number of likely N-dealkylation sites (tertiary alicyclic amines) is 1. The van der Waals surface area contributed by atoms with Gasteiger partial charge in [0.15, 0.2) is 0 Å². The van der Waals surface area contributed by atoms with Crippen molar-refractivity contribution in [3.8, 4) is 11.5 Å². The molecule has 0 saturated carbocycles. The van der Waals surface area contributed by atoms with Crippen LogP contribution in [0.1, 0.15) is 29.2 Å². The molecule has 7 nitrogen and oxygen atoms in total. The topological polar surface area (TPSA) is 76.6 Å². The van der Waals surface area contributed by atoms with E-state index in [1.54, 1.807) is 20.1 Å². The molecular formula is C19H24N4O3. The van der Waals surface area contributed by atoms with Gasteiger partial charge < -0.3 is 19.7 Å². The highest BCUT2D eigenvalue weighted by Gasteiger charge is 2.21. The zero-order valence-electron chi connectivity index (χ0n) is 15.2. The molecule has 0 spiro atoms. The van der Waals surface area contributed by atoms with E-state index < -0.39 is 0 Å². The van der Waals surface area contributed by atoms with E-state index in [9.17, 15) is 4.79 Å². The van der Waals surface area contributed by atoms with Gasteiger partial charge in [-0.1, -0.05) is 0 Å². The van der Waals surface area contributed by atoms with Crippen LogP contribution in [0.25, 0.3) is 0 Å². The molecule has 0 bridgehead atoms. The van der Waals surface area contributed by atoms with E-state index in [2.05, 4.69) is 15.3 Å². The molecule has 0 atom stereocenters. The minimum atomic E-state index is -0.0227. The van der Waals surface area contributed by atoms with Crippen LogP contribution in [0, 0.1) is 6.92 Å². The fourth-order valence-corrected chi connectivity index (χ4v) is 2.87. The van der Waals surface area contributed by atoms with E-state index in [0.29, 0.717) is 30.5 Å². The van der Waals surface area contributed by atoms with Crippen molar-refractivity contribution >= 4 is 11.7 Å². The van der Waals surface area contributed by atoms with E-state index in [-0.39, 0.29) is 5.91 Å². The van der Waals surface area contributed by atoms with Crippen LogP contribution in [0.2, 0.25) is 0 Å². The first kappa shape index (κ1) is 18.0. The first-order chi connectivity index (χ1) is 12.7. The zero-order valence-corrected chi connectivity index (χ0v) is 15.2. The van der Waals surface area contributed by atoms with E-state index in [1.165, 1.54) is 0 Å². The highest BCUT2D eigenvalue weighted by molar-refractivity contribution is 5.93. The number of hydrogen-bond acceptors (Lipinski definition) is 6. The third-order valence-electron chi connectivity index (χ3n) is 4.19. The van der Waals surface area contributed by atoms with Crippen molar-refractivity contribution in [1.82, 2.24) is 14.9 Å². The molecule has 1 saturated heterocycles. The molecular weight excluding hydrogens is 332 g/mol. The summed E-state index contributed by atoms with van der Waals surface area (Å²) in [5, 5.41) is 3.19. The molecule has 1 N–H and O–H groups in total. The fraction of sp³-hybridized carbons (Fsp3) is 0.421. The molecule has 138 valence electrons. The summed E-state index contributed by atoms with van der Waals surface area (Å²) in [6, 6.07) is 9.14. The van der Waals surface area contributed by atoms with Gasteiger partial charge in [0, 0.05) is 19.2 Å². The van der Waals surface area contributed by atoms with Gasteiger partial charge in [-0.3, -0.25) is 4.79 Å². The van der Waals surface area contributed by atoms with Crippen LogP contribution in [-0.2, 0) is 0 Å². The Hall–Kier alpha value is -2.83. The summed E-state index contributed by atoms with van der Waals surface area (Å²) in [5.41, 5.74) is 0.443. The predicted octanol–water partition coefficient (Wildman–Crippen LogP) is 2.52. The zero-order chi connectivity index (χ0) is 18.4. The van der Waals surface area contributed by atoms with Gasteiger partial charge in [0.05, 0.1) is 13.7 Å². The Bertz CT molecular complexity index is 743. The van der Waals surface area contributed by atoms with Gasteiger partial charge >= 0.3 is 0 Å². The normalized spacial score (nSPS) is 13.5. The number of rotatable bonds is 7. The molecule has 1 aliphatic heterocycles. The van der Waals surface area contributed by atoms with Crippen molar-refractivity contribution in [3.63, 3.8) is 0 Å². The van der Waals surface area contributed by atoms with E-state index in [4.69, 9.17) is 9.47 Å². The lowest BCUT2D eigenvalue weighted by Crippen LogP contribution is -2.28. The summed E-state index contributed by atoms with van der Waals surface area (Å²) in [7, 11) is 1.63. The largest absolute Gasteiger partial charge is 0.497 e. The van der Waals surface area contributed by atoms with Crippen molar-refractivity contribution in [2.24, 2.45) is 0 Å². The smallest absolute Gasteiger partial charge is 0.272 e. The molecule has 0 unspecified atom stereocenters. The first-order valence-corrected chi connectivity index (χ1v) is 8.81. The van der Waals surface area contributed by atoms with Crippen LogP contribution in [0.3, 0.4) is 0 Å². The summed E-state index contributed by atoms with van der Waals surface area (Å²) in [5.74, 6) is 2.76. The molecule has 0 radical (unpaired) electrons. The van der Waals surface area contributed by atoms with Crippen LogP contribution < -0.4 is 14.8 Å². The van der Waals surface area contributed by atoms with Crippen molar-refractivity contribution in [2.75, 3.05) is 38.7 Å². The minimum Gasteiger partial charge on any atom is -0.497 e. The first-order valence-electron chi connectivity index (χ1n) is 8.81. The van der Waals surface area contributed by atoms with Crippen molar-refractivity contribution < 1.29 is 14.3 Å². The van der Waals surface area contributed by atoms with Gasteiger partial charge in [-0.05, 0) is 44.0 Å². The molecule has 2 aromatic rings. The monoisotopic (exact) mass is 356 g/mol. The molecule has 1 aromatic heterocycles. The number of hydrogen-bond donors (Lipinski definition) is 1. The molecule has 0 aliphatic carbocycles. The van der Waals surface area contributed by atoms with Crippen LogP contribution in [0.15, 0.2) is 30.3 Å². The Morgan fingerprint density at radius 2 is 1.85 bits per heavy atom. The minimum absolute atomic E-state index is 0.0227. The van der Waals surface area contributed by atoms with Crippen molar-refractivity contribution in [1.29, 1.82) is 0 Å². The molecule has 1 fully saturated rings. The second kappa shape index (κ2) is 8.51. The SMILES string of the molecule is COc1ccc(OCCNc2cc(C(=O)N3CCCC3)nc(C)n2)cc1. The highest BCUT2D eigenvalue weighted by Crippen LogP contribution is 2.17. The van der Waals surface area contributed by atoms with Crippen molar-refractivity contribution in [2.45, 2.75) is 19.8 Å². The van der Waals surface area contributed by atoms with E-state index in [1.807, 2.05) is 29.2 Å². The molecule has 1 amide bonds. The van der Waals surface area contributed by atoms with Crippen LogP contribution >= 0.6 is 0 Å². The molecule has 7 heteroatoms. The van der Waals surface area contributed by atoms with E-state index in [0.717, 1.165) is 37.4 Å². The molecule has 26 heavy (non-hydrogen) atoms. The quantitative estimate of drug-likeness (QED) is 0.768. The maximum Gasteiger partial charge on any atom is 0.272 e. The average molecular weight is 356 g/mol. The van der Waals surface area contributed by atoms with E-state index >= 15 is 0 Å². The highest BCUT2D eigenvalue weighted by atomic mass is 16.5. The molecule has 3 rings (SSSR count). The third kappa shape index (κ3) is 4.62. The van der Waals surface area contributed by atoms with Crippen LogP contribution in [-0.4, -0.2) is 54.1 Å². The lowest BCUT2D eigenvalue weighted by Gasteiger charge is -2.15. The number of nitrogens with one attached hydrogen (secondary N) is 1. The second-order valence-electron chi connectivity index (χ2n) is 6.14. The lowest BCUT2D eigenvalue weighted by molar-refractivity contribution is 0.0786. The van der Waals surface area contributed by atoms with Gasteiger partial charge in [-0.2, -0.15) is 0 Å². The maximum absolute atomic E-state index is 12.5. The fourth-order valence-electron chi connectivity index (χ4n) is 2.87. The summed E-state index contributed by atoms with van der Waals surface area (Å²) in [6.07, 6.45) is 2.12. The number of benzene rings is 1. The van der Waals surface area contributed by atoms with Gasteiger partial charge in [-0.15, -0.1) is 0 Å². The Morgan fingerprint density at radius 3 is 2.54 bits per heavy atom. The standard InChI is InChI=1S/C19H24N4O3/c1-14-21-17(19(24)23-10-3-4-11-23)13-18(22-14)20-9-12-26-16-7-5-15(25-2)6-8-16/h5-8,13H,3-4,9-12H2,1-2H3,(H,20,21,22). The number of ether oxygens (including phenoxy) is 2. The van der Waals surface area contributed by atoms with Gasteiger partial charge in [-0.25, -0.2) is 9.97 Å². The van der Waals surface area contributed by atoms with Gasteiger partial charge in [0.2, 0.25) is 0 Å². The van der Waals surface area contributed by atoms with Crippen LogP contribution in [0.4, 0.5) is 5.82 Å². The molecule has 1 aromatic carbocycles. The maximum atomic E-state index is 12.5. The summed E-state index contributed by atoms with van der Waals surface area (Å²) in [4.78, 5) is 23.0. The number of aromatic nitrogens is 2. The third-order valence-corrected chi connectivity index (χ3v) is 4.19. The summed E-state index contributed by atoms with van der Waals surface area (Å²) in [6.45, 7) is 4.45. The van der Waals surface area contributed by atoms with Gasteiger partial charge in [0.1, 0.15) is 35.4 Å². The van der Waals surface area contributed by atoms with Crippen LogP contribution in [0.5, 0.6) is 11.5 Å². The number of methoxy groups -OCH3 is 1. The Kier molecular flexibility index (Phi) is 5.88. The average Bonchev–Trinajstić information content (AvgIpc) is 3.19. The Morgan fingerprint density at radius 1 is 1.15 bits per heavy atom. The number of anilines is 1. The number of aryl methyl sites for hydroxylation is 1. The number of carbonyl (C=O) groups is 1. The lowest BCUT2D eigenvalue weighted by atomic mass is 10.3. The number of nitrogens with zero attached hydrogens (tertiary/aromatic N) is 3.